The Hall–Kier alpha value is -1.60. The van der Waals surface area contributed by atoms with Crippen LogP contribution in [-0.2, 0) is 6.42 Å². The zero-order valence-electron chi connectivity index (χ0n) is 22.4. The molecule has 6 rings (SSSR count). The third-order valence-electron chi connectivity index (χ3n) is 12.1. The first-order chi connectivity index (χ1) is 16.8. The van der Waals surface area contributed by atoms with Crippen LogP contribution >= 0.6 is 0 Å². The van der Waals surface area contributed by atoms with Crippen LogP contribution in [0.15, 0.2) is 65.8 Å². The van der Waals surface area contributed by atoms with Gasteiger partial charge in [-0.3, -0.25) is 0 Å². The summed E-state index contributed by atoms with van der Waals surface area (Å²) in [6.45, 7) is 11.6. The minimum absolute atomic E-state index is 0.248. The van der Waals surface area contributed by atoms with Crippen LogP contribution in [0.5, 0.6) is 0 Å². The van der Waals surface area contributed by atoms with Crippen LogP contribution in [0.25, 0.3) is 0 Å². The van der Waals surface area contributed by atoms with E-state index in [1.165, 1.54) is 68.1 Å². The summed E-state index contributed by atoms with van der Waals surface area (Å²) in [5.74, 6) is 3.05. The maximum atomic E-state index is 12.4. The van der Waals surface area contributed by atoms with Gasteiger partial charge in [0.2, 0.25) is 0 Å². The molecule has 35 heavy (non-hydrogen) atoms. The van der Waals surface area contributed by atoms with Gasteiger partial charge in [-0.05, 0) is 113 Å². The zero-order chi connectivity index (χ0) is 24.4. The minimum Gasteiger partial charge on any atom is -0.389 e. The van der Waals surface area contributed by atoms with Crippen molar-refractivity contribution in [2.75, 3.05) is 0 Å². The zero-order valence-corrected chi connectivity index (χ0v) is 22.4. The lowest BCUT2D eigenvalue weighted by molar-refractivity contribution is -0.0670. The standard InChI is InChI=1S/C34H46O/c1-23(2)26-19-28-14-15-29-21-30(22-33(29)18-16-24(3)31(20-26)32(28,33)4)34(35)17-8-11-27(34)13-12-25-9-6-5-7-10-25/h5-7,9-10,16,18,26-30,35H,1,8,11-15,17,19-22H2,2-4H3. The van der Waals surface area contributed by atoms with Crippen molar-refractivity contribution < 1.29 is 5.11 Å². The van der Waals surface area contributed by atoms with E-state index in [2.05, 4.69) is 69.8 Å². The average Bonchev–Trinajstić information content (AvgIpc) is 3.42. The monoisotopic (exact) mass is 470 g/mol. The second-order valence-corrected chi connectivity index (χ2v) is 13.4. The van der Waals surface area contributed by atoms with E-state index in [9.17, 15) is 5.11 Å². The highest BCUT2D eigenvalue weighted by Gasteiger charge is 2.67. The third kappa shape index (κ3) is 3.43. The number of aryl methyl sites for hydroxylation is 1. The van der Waals surface area contributed by atoms with E-state index >= 15 is 0 Å². The number of hydrogen-bond acceptors (Lipinski definition) is 1. The molecule has 0 saturated heterocycles. The molecule has 188 valence electrons. The highest BCUT2D eigenvalue weighted by Crippen LogP contribution is 2.74. The fourth-order valence-electron chi connectivity index (χ4n) is 10.1. The molecule has 0 bridgehead atoms. The van der Waals surface area contributed by atoms with Gasteiger partial charge in [-0.25, -0.2) is 0 Å². The highest BCUT2D eigenvalue weighted by molar-refractivity contribution is 5.44. The van der Waals surface area contributed by atoms with Gasteiger partial charge >= 0.3 is 0 Å². The van der Waals surface area contributed by atoms with Gasteiger partial charge in [-0.15, -0.1) is 0 Å². The molecule has 5 aliphatic carbocycles. The number of hydrogen-bond donors (Lipinski definition) is 1. The molecule has 1 heteroatoms. The topological polar surface area (TPSA) is 20.2 Å². The largest absolute Gasteiger partial charge is 0.389 e. The Labute approximate surface area is 213 Å². The van der Waals surface area contributed by atoms with Crippen molar-refractivity contribution in [3.05, 3.63) is 71.3 Å². The van der Waals surface area contributed by atoms with Gasteiger partial charge in [0.05, 0.1) is 5.60 Å². The van der Waals surface area contributed by atoms with Crippen molar-refractivity contribution in [3.63, 3.8) is 0 Å². The van der Waals surface area contributed by atoms with Gasteiger partial charge in [0.25, 0.3) is 0 Å². The Morgan fingerprint density at radius 1 is 1.06 bits per heavy atom. The SMILES string of the molecule is C=C(C)C1CC2=C(C)C=CC34CC(C5(O)CCCC5CCc5ccccc5)CC3CCC(C1)C24C. The Morgan fingerprint density at radius 2 is 1.83 bits per heavy atom. The van der Waals surface area contributed by atoms with Gasteiger partial charge in [0, 0.05) is 10.8 Å². The van der Waals surface area contributed by atoms with Crippen molar-refractivity contribution >= 4 is 0 Å². The Bertz CT molecular complexity index is 1050. The molecule has 1 N–H and O–H groups in total. The second kappa shape index (κ2) is 8.47. The molecule has 0 aliphatic heterocycles. The summed E-state index contributed by atoms with van der Waals surface area (Å²) < 4.78 is 0. The molecule has 8 atom stereocenters. The third-order valence-corrected chi connectivity index (χ3v) is 12.1. The van der Waals surface area contributed by atoms with Gasteiger partial charge in [-0.2, -0.15) is 0 Å². The predicted octanol–water partition coefficient (Wildman–Crippen LogP) is 8.45. The lowest BCUT2D eigenvalue weighted by Crippen LogP contribution is -2.55. The molecule has 4 fully saturated rings. The molecule has 1 spiro atoms. The number of aliphatic hydroxyl groups is 1. The van der Waals surface area contributed by atoms with E-state index in [0.717, 1.165) is 31.1 Å². The van der Waals surface area contributed by atoms with Gasteiger partial charge in [0.1, 0.15) is 0 Å². The summed E-state index contributed by atoms with van der Waals surface area (Å²) in [6.07, 6.45) is 18.5. The van der Waals surface area contributed by atoms with Crippen LogP contribution in [-0.4, -0.2) is 10.7 Å². The smallest absolute Gasteiger partial charge is 0.0704 e. The Balaban J connectivity index is 1.29. The number of rotatable bonds is 5. The first-order valence-electron chi connectivity index (χ1n) is 14.6. The van der Waals surface area contributed by atoms with Crippen LogP contribution in [0.1, 0.15) is 90.5 Å². The van der Waals surface area contributed by atoms with Crippen molar-refractivity contribution in [3.8, 4) is 0 Å². The van der Waals surface area contributed by atoms with E-state index in [1.807, 2.05) is 0 Å². The van der Waals surface area contributed by atoms with E-state index < -0.39 is 5.60 Å². The van der Waals surface area contributed by atoms with Gasteiger partial charge in [0.15, 0.2) is 0 Å². The van der Waals surface area contributed by atoms with Crippen molar-refractivity contribution in [2.45, 2.75) is 97.0 Å². The summed E-state index contributed by atoms with van der Waals surface area (Å²) in [7, 11) is 0. The molecule has 1 nitrogen and oxygen atoms in total. The van der Waals surface area contributed by atoms with Gasteiger partial charge < -0.3 is 5.11 Å². The summed E-state index contributed by atoms with van der Waals surface area (Å²) in [5.41, 5.74) is 6.12. The molecule has 0 radical (unpaired) electrons. The first-order valence-corrected chi connectivity index (χ1v) is 14.6. The molecule has 5 aliphatic rings. The van der Waals surface area contributed by atoms with Crippen LogP contribution < -0.4 is 0 Å². The van der Waals surface area contributed by atoms with E-state index in [4.69, 9.17) is 0 Å². The lowest BCUT2D eigenvalue weighted by Gasteiger charge is -2.63. The average molecular weight is 471 g/mol. The molecule has 4 saturated carbocycles. The summed E-state index contributed by atoms with van der Waals surface area (Å²) >= 11 is 0. The lowest BCUT2D eigenvalue weighted by atomic mass is 9.41. The maximum Gasteiger partial charge on any atom is 0.0704 e. The molecule has 0 amide bonds. The number of allylic oxidation sites excluding steroid dienone is 5. The first kappa shape index (κ1) is 23.8. The fourth-order valence-corrected chi connectivity index (χ4v) is 10.1. The Morgan fingerprint density at radius 3 is 2.60 bits per heavy atom. The molecule has 1 aromatic carbocycles. The summed E-state index contributed by atoms with van der Waals surface area (Å²) in [6, 6.07) is 10.9. The van der Waals surface area contributed by atoms with Gasteiger partial charge in [-0.1, -0.05) is 79.1 Å². The van der Waals surface area contributed by atoms with E-state index in [0.29, 0.717) is 17.8 Å². The van der Waals surface area contributed by atoms with E-state index in [-0.39, 0.29) is 10.8 Å². The van der Waals surface area contributed by atoms with E-state index in [1.54, 1.807) is 5.57 Å². The normalized spacial score (nSPS) is 44.3. The molecule has 0 heterocycles. The number of benzene rings is 1. The molecule has 1 aromatic rings. The van der Waals surface area contributed by atoms with Crippen molar-refractivity contribution in [2.24, 2.45) is 40.4 Å². The van der Waals surface area contributed by atoms with Crippen LogP contribution in [0.2, 0.25) is 0 Å². The van der Waals surface area contributed by atoms with Crippen LogP contribution in [0.3, 0.4) is 0 Å². The fraction of sp³-hybridized carbons (Fsp3) is 0.647. The quantitative estimate of drug-likeness (QED) is 0.428. The highest BCUT2D eigenvalue weighted by atomic mass is 16.3. The minimum atomic E-state index is -0.466. The summed E-state index contributed by atoms with van der Waals surface area (Å²) in [4.78, 5) is 0. The molecule has 8 unspecified atom stereocenters. The van der Waals surface area contributed by atoms with Crippen LogP contribution in [0.4, 0.5) is 0 Å². The van der Waals surface area contributed by atoms with Crippen molar-refractivity contribution in [1.29, 1.82) is 0 Å². The second-order valence-electron chi connectivity index (χ2n) is 13.4. The molecule has 0 aromatic heterocycles. The Kier molecular flexibility index (Phi) is 5.76. The molecular formula is C34H46O. The predicted molar refractivity (Wildman–Crippen MR) is 146 cm³/mol. The summed E-state index contributed by atoms with van der Waals surface area (Å²) in [5, 5.41) is 12.4. The van der Waals surface area contributed by atoms with Crippen LogP contribution in [0, 0.1) is 40.4 Å². The molecular weight excluding hydrogens is 424 g/mol. The van der Waals surface area contributed by atoms with Crippen molar-refractivity contribution in [1.82, 2.24) is 0 Å². The maximum absolute atomic E-state index is 12.4.